The van der Waals surface area contributed by atoms with Crippen LogP contribution < -0.4 is 5.73 Å². The van der Waals surface area contributed by atoms with Gasteiger partial charge in [-0.3, -0.25) is 0 Å². The number of hydrogen-bond donors (Lipinski definition) is 1. The molecular weight excluding hydrogens is 208 g/mol. The average molecular weight is 213 g/mol. The van der Waals surface area contributed by atoms with Crippen LogP contribution in [0.4, 0.5) is 5.82 Å². The normalized spacial score (nSPS) is 10.6. The third-order valence-corrected chi connectivity index (χ3v) is 1.88. The van der Waals surface area contributed by atoms with Crippen molar-refractivity contribution in [3.63, 3.8) is 0 Å². The fourth-order valence-electron chi connectivity index (χ4n) is 0.915. The minimum atomic E-state index is 0.491. The van der Waals surface area contributed by atoms with Crippen molar-refractivity contribution in [1.82, 2.24) is 14.6 Å². The van der Waals surface area contributed by atoms with Crippen molar-refractivity contribution in [1.29, 1.82) is 0 Å². The van der Waals surface area contributed by atoms with Gasteiger partial charge in [-0.2, -0.15) is 5.10 Å². The van der Waals surface area contributed by atoms with Crippen molar-refractivity contribution in [3.05, 3.63) is 23.1 Å². The standard InChI is InChI=1S/C6H5BrN4/c7-6-10-5(8)3-4-1-2-9-11(4)6/h1-3H,8H2. The van der Waals surface area contributed by atoms with E-state index in [1.54, 1.807) is 16.8 Å². The predicted octanol–water partition coefficient (Wildman–Crippen LogP) is 1.07. The van der Waals surface area contributed by atoms with Crippen LogP contribution in [0.1, 0.15) is 0 Å². The Labute approximate surface area is 71.2 Å². The van der Waals surface area contributed by atoms with Crippen LogP contribution in [0, 0.1) is 0 Å². The Morgan fingerprint density at radius 2 is 2.36 bits per heavy atom. The highest BCUT2D eigenvalue weighted by Crippen LogP contribution is 2.12. The third kappa shape index (κ3) is 0.970. The largest absolute Gasteiger partial charge is 0.384 e. The molecular formula is C6H5BrN4. The van der Waals surface area contributed by atoms with Gasteiger partial charge < -0.3 is 5.73 Å². The minimum Gasteiger partial charge on any atom is -0.384 e. The van der Waals surface area contributed by atoms with Crippen molar-refractivity contribution < 1.29 is 0 Å². The first-order valence-electron chi connectivity index (χ1n) is 3.03. The minimum absolute atomic E-state index is 0.491. The van der Waals surface area contributed by atoms with Gasteiger partial charge in [0, 0.05) is 6.07 Å². The van der Waals surface area contributed by atoms with Crippen LogP contribution in [0.2, 0.25) is 0 Å². The van der Waals surface area contributed by atoms with Gasteiger partial charge in [-0.25, -0.2) is 9.50 Å². The fraction of sp³-hybridized carbons (Fsp3) is 0. The summed E-state index contributed by atoms with van der Waals surface area (Å²) in [4.78, 5) is 3.97. The van der Waals surface area contributed by atoms with E-state index in [1.165, 1.54) is 0 Å². The van der Waals surface area contributed by atoms with E-state index in [9.17, 15) is 0 Å². The van der Waals surface area contributed by atoms with Gasteiger partial charge in [0.2, 0.25) is 0 Å². The number of fused-ring (bicyclic) bond motifs is 1. The first-order valence-corrected chi connectivity index (χ1v) is 3.82. The zero-order valence-corrected chi connectivity index (χ0v) is 7.12. The monoisotopic (exact) mass is 212 g/mol. The average Bonchev–Trinajstić information content (AvgIpc) is 2.34. The van der Waals surface area contributed by atoms with E-state index in [4.69, 9.17) is 5.73 Å². The maximum Gasteiger partial charge on any atom is 0.200 e. The molecule has 5 heteroatoms. The van der Waals surface area contributed by atoms with E-state index >= 15 is 0 Å². The van der Waals surface area contributed by atoms with Gasteiger partial charge in [0.25, 0.3) is 0 Å². The summed E-state index contributed by atoms with van der Waals surface area (Å²) >= 11 is 3.24. The molecule has 2 heterocycles. The maximum absolute atomic E-state index is 5.50. The van der Waals surface area contributed by atoms with E-state index < -0.39 is 0 Å². The highest BCUT2D eigenvalue weighted by molar-refractivity contribution is 9.10. The molecule has 4 nitrogen and oxygen atoms in total. The molecule has 0 aliphatic carbocycles. The lowest BCUT2D eigenvalue weighted by Gasteiger charge is -1.96. The Kier molecular flexibility index (Phi) is 1.32. The lowest BCUT2D eigenvalue weighted by atomic mass is 10.5. The fourth-order valence-corrected chi connectivity index (χ4v) is 1.42. The van der Waals surface area contributed by atoms with Crippen LogP contribution in [0.3, 0.4) is 0 Å². The topological polar surface area (TPSA) is 56.2 Å². The molecule has 2 N–H and O–H groups in total. The molecule has 2 rings (SSSR count). The van der Waals surface area contributed by atoms with Crippen molar-refractivity contribution in [2.45, 2.75) is 0 Å². The van der Waals surface area contributed by atoms with E-state index in [0.29, 0.717) is 10.6 Å². The molecule has 0 fully saturated rings. The van der Waals surface area contributed by atoms with Gasteiger partial charge in [0.05, 0.1) is 11.7 Å². The Bertz CT molecular complexity index is 394. The highest BCUT2D eigenvalue weighted by atomic mass is 79.9. The lowest BCUT2D eigenvalue weighted by molar-refractivity contribution is 0.891. The van der Waals surface area contributed by atoms with Crippen LogP contribution in [-0.4, -0.2) is 14.6 Å². The predicted molar refractivity (Wildman–Crippen MR) is 45.1 cm³/mol. The van der Waals surface area contributed by atoms with E-state index in [1.807, 2.05) is 6.07 Å². The summed E-state index contributed by atoms with van der Waals surface area (Å²) in [6, 6.07) is 3.63. The summed E-state index contributed by atoms with van der Waals surface area (Å²) < 4.78 is 2.29. The second-order valence-corrected chi connectivity index (χ2v) is 2.83. The number of halogens is 1. The molecule has 0 unspecified atom stereocenters. The molecule has 0 saturated heterocycles. The molecule has 0 amide bonds. The number of aromatic nitrogens is 3. The molecule has 0 aliphatic rings. The van der Waals surface area contributed by atoms with Gasteiger partial charge in [0.1, 0.15) is 5.82 Å². The SMILES string of the molecule is Nc1cc2ccnn2c(Br)n1. The number of hydrogen-bond acceptors (Lipinski definition) is 3. The molecule has 56 valence electrons. The van der Waals surface area contributed by atoms with Gasteiger partial charge in [-0.05, 0) is 22.0 Å². The van der Waals surface area contributed by atoms with Gasteiger partial charge in [-0.1, -0.05) is 0 Å². The first kappa shape index (κ1) is 6.60. The smallest absolute Gasteiger partial charge is 0.200 e. The molecule has 0 bridgehead atoms. The zero-order valence-electron chi connectivity index (χ0n) is 5.53. The Balaban J connectivity index is 2.91. The maximum atomic E-state index is 5.50. The molecule has 0 saturated carbocycles. The Hall–Kier alpha value is -1.10. The van der Waals surface area contributed by atoms with Crippen molar-refractivity contribution in [3.8, 4) is 0 Å². The van der Waals surface area contributed by atoms with E-state index in [2.05, 4.69) is 26.0 Å². The molecule has 0 aromatic carbocycles. The van der Waals surface area contributed by atoms with Crippen LogP contribution >= 0.6 is 15.9 Å². The summed E-state index contributed by atoms with van der Waals surface area (Å²) in [6.07, 6.45) is 1.70. The number of nitrogen functional groups attached to an aromatic ring is 1. The van der Waals surface area contributed by atoms with Crippen molar-refractivity contribution in [2.24, 2.45) is 0 Å². The van der Waals surface area contributed by atoms with Gasteiger partial charge in [-0.15, -0.1) is 0 Å². The molecule has 2 aromatic heterocycles. The van der Waals surface area contributed by atoms with Gasteiger partial charge >= 0.3 is 0 Å². The Morgan fingerprint density at radius 1 is 1.55 bits per heavy atom. The number of rotatable bonds is 0. The second kappa shape index (κ2) is 2.20. The lowest BCUT2D eigenvalue weighted by Crippen LogP contribution is -1.97. The second-order valence-electron chi connectivity index (χ2n) is 2.12. The quantitative estimate of drug-likeness (QED) is 0.666. The van der Waals surface area contributed by atoms with Crippen LogP contribution in [-0.2, 0) is 0 Å². The van der Waals surface area contributed by atoms with Crippen LogP contribution in [0.15, 0.2) is 23.1 Å². The molecule has 2 aromatic rings. The summed E-state index contributed by atoms with van der Waals surface area (Å²) in [5.74, 6) is 0.491. The number of nitrogens with two attached hydrogens (primary N) is 1. The summed E-state index contributed by atoms with van der Waals surface area (Å²) in [6.45, 7) is 0. The first-order chi connectivity index (χ1) is 5.27. The molecule has 0 atom stereocenters. The highest BCUT2D eigenvalue weighted by Gasteiger charge is 1.99. The zero-order chi connectivity index (χ0) is 7.84. The van der Waals surface area contributed by atoms with Crippen molar-refractivity contribution >= 4 is 27.3 Å². The number of nitrogens with zero attached hydrogens (tertiary/aromatic N) is 3. The molecule has 11 heavy (non-hydrogen) atoms. The van der Waals surface area contributed by atoms with Crippen molar-refractivity contribution in [2.75, 3.05) is 5.73 Å². The van der Waals surface area contributed by atoms with Crippen LogP contribution in [0.25, 0.3) is 5.52 Å². The summed E-state index contributed by atoms with van der Waals surface area (Å²) in [5, 5.41) is 4.01. The molecule has 0 radical (unpaired) electrons. The Morgan fingerprint density at radius 3 is 3.18 bits per heavy atom. The van der Waals surface area contributed by atoms with E-state index in [-0.39, 0.29) is 0 Å². The summed E-state index contributed by atoms with van der Waals surface area (Å²) in [5.41, 5.74) is 6.44. The molecule has 0 spiro atoms. The van der Waals surface area contributed by atoms with E-state index in [0.717, 1.165) is 5.52 Å². The van der Waals surface area contributed by atoms with Gasteiger partial charge in [0.15, 0.2) is 4.73 Å². The third-order valence-electron chi connectivity index (χ3n) is 1.36. The summed E-state index contributed by atoms with van der Waals surface area (Å²) in [7, 11) is 0. The molecule has 0 aliphatic heterocycles. The number of anilines is 1. The van der Waals surface area contributed by atoms with Crippen LogP contribution in [0.5, 0.6) is 0 Å².